The Balaban J connectivity index is -0.000000951. The van der Waals surface area contributed by atoms with E-state index < -0.39 is 21.7 Å². The lowest BCUT2D eigenvalue weighted by Gasteiger charge is -2.42. The number of ketones is 2. The second kappa shape index (κ2) is 37.6. The van der Waals surface area contributed by atoms with Crippen molar-refractivity contribution in [3.8, 4) is 0 Å². The van der Waals surface area contributed by atoms with Crippen molar-refractivity contribution >= 4 is 22.0 Å². The van der Waals surface area contributed by atoms with Crippen molar-refractivity contribution in [3.05, 3.63) is 0 Å². The monoisotopic (exact) mass is 863 g/mol. The Labute approximate surface area is 367 Å². The van der Waals surface area contributed by atoms with Crippen LogP contribution >= 0.6 is 0 Å². The minimum Gasteiger partial charge on any atom is -0.759 e. The van der Waals surface area contributed by atoms with Crippen LogP contribution in [0.3, 0.4) is 0 Å². The topological polar surface area (TPSA) is 166 Å². The van der Waals surface area contributed by atoms with Gasteiger partial charge in [0.05, 0.1) is 41.3 Å². The van der Waals surface area contributed by atoms with Crippen LogP contribution in [-0.4, -0.2) is 90.7 Å². The minimum absolute atomic E-state index is 0.212. The summed E-state index contributed by atoms with van der Waals surface area (Å²) in [5.74, 6) is 0.424. The van der Waals surface area contributed by atoms with Crippen LogP contribution in [0.5, 0.6) is 0 Å². The van der Waals surface area contributed by atoms with Crippen LogP contribution in [0.15, 0.2) is 0 Å². The van der Waals surface area contributed by atoms with E-state index in [0.29, 0.717) is 21.8 Å². The highest BCUT2D eigenvalue weighted by atomic mass is 32.3. The lowest BCUT2D eigenvalue weighted by molar-refractivity contribution is -0.927. The third-order valence-corrected chi connectivity index (χ3v) is 13.2. The van der Waals surface area contributed by atoms with E-state index in [1.807, 2.05) is 42.0 Å². The molecule has 0 spiro atoms. The Morgan fingerprint density at radius 1 is 0.407 bits per heavy atom. The standard InChI is InChI=1S/2C24H51N2O.H2O4S/c2*1-6-8-9-10-11-12-13-14-15-16-17-18-19-20-21-22-23(27)24(3,25)26(4,5)7-2;1-5(2,3)4/h2*6-22,25H2,1-5H3;(H2,1,2,3,4)/q2*+1;/p-2. The van der Waals surface area contributed by atoms with Crippen LogP contribution in [0.1, 0.15) is 247 Å². The molecule has 0 aliphatic heterocycles. The molecule has 0 rings (SSSR count). The third-order valence-electron chi connectivity index (χ3n) is 13.2. The van der Waals surface area contributed by atoms with E-state index in [0.717, 1.165) is 25.9 Å². The van der Waals surface area contributed by atoms with Crippen LogP contribution in [0.2, 0.25) is 0 Å². The summed E-state index contributed by atoms with van der Waals surface area (Å²) in [6.45, 7) is 14.3. The first-order valence-electron chi connectivity index (χ1n) is 24.6. The van der Waals surface area contributed by atoms with E-state index in [-0.39, 0.29) is 11.6 Å². The Hall–Kier alpha value is -0.950. The zero-order chi connectivity index (χ0) is 45.7. The number of rotatable bonds is 38. The first kappa shape index (κ1) is 62.3. The van der Waals surface area contributed by atoms with Crippen LogP contribution in [0.25, 0.3) is 0 Å². The quantitative estimate of drug-likeness (QED) is 0.0203. The van der Waals surface area contributed by atoms with Crippen LogP contribution in [-0.2, 0) is 20.0 Å². The maximum atomic E-state index is 12.5. The molecule has 0 aromatic carbocycles. The molecule has 2 atom stereocenters. The molecule has 59 heavy (non-hydrogen) atoms. The predicted molar refractivity (Wildman–Crippen MR) is 250 cm³/mol. The van der Waals surface area contributed by atoms with Gasteiger partial charge < -0.3 is 18.1 Å². The van der Waals surface area contributed by atoms with Gasteiger partial charge in [-0.05, 0) is 26.7 Å². The van der Waals surface area contributed by atoms with Crippen molar-refractivity contribution in [1.82, 2.24) is 0 Å². The highest BCUT2D eigenvalue weighted by molar-refractivity contribution is 7.79. The summed E-state index contributed by atoms with van der Waals surface area (Å²) in [6, 6.07) is 0. The van der Waals surface area contributed by atoms with Gasteiger partial charge in [-0.1, -0.05) is 194 Å². The summed E-state index contributed by atoms with van der Waals surface area (Å²) in [4.78, 5) is 24.9. The zero-order valence-corrected chi connectivity index (χ0v) is 41.8. The number of carbonyl (C=O) groups excluding carboxylic acids is 2. The molecular weight excluding hydrogens is 761 g/mol. The van der Waals surface area contributed by atoms with Crippen molar-refractivity contribution in [2.45, 2.75) is 258 Å². The average molecular weight is 863 g/mol. The van der Waals surface area contributed by atoms with Gasteiger partial charge in [0.1, 0.15) is 0 Å². The molecule has 0 amide bonds. The summed E-state index contributed by atoms with van der Waals surface area (Å²) in [7, 11) is 3.02. The SMILES string of the molecule is CCCCCCCCCCCCCCCCCC(=O)C(C)(N)[N+](C)(C)CC.CCCCCCCCCCCCCCCCCC(=O)C(C)(N)[N+](C)(C)CC.O=S(=O)([O-])[O-]. The van der Waals surface area contributed by atoms with Crippen LogP contribution in [0, 0.1) is 0 Å². The molecule has 356 valence electrons. The Kier molecular flexibility index (Phi) is 39.7. The fourth-order valence-electron chi connectivity index (χ4n) is 7.15. The molecule has 2 unspecified atom stereocenters. The predicted octanol–water partition coefficient (Wildman–Crippen LogP) is 11.8. The molecular formula is C48H102N4O6S. The number of likely N-dealkylation sites (N-methyl/N-ethyl adjacent to an activating group) is 2. The summed E-state index contributed by atoms with van der Waals surface area (Å²) < 4.78 is 35.2. The van der Waals surface area contributed by atoms with Gasteiger partial charge in [0.2, 0.25) is 22.9 Å². The van der Waals surface area contributed by atoms with E-state index in [2.05, 4.69) is 27.7 Å². The van der Waals surface area contributed by atoms with E-state index in [1.54, 1.807) is 0 Å². The minimum atomic E-state index is -5.17. The van der Waals surface area contributed by atoms with Gasteiger partial charge >= 0.3 is 0 Å². The number of quaternary nitrogens is 2. The van der Waals surface area contributed by atoms with E-state index in [1.165, 1.54) is 180 Å². The second-order valence-electron chi connectivity index (χ2n) is 19.0. The van der Waals surface area contributed by atoms with Gasteiger partial charge in [0.25, 0.3) is 0 Å². The lowest BCUT2D eigenvalue weighted by Crippen LogP contribution is -2.67. The lowest BCUT2D eigenvalue weighted by atomic mass is 9.97. The summed E-state index contributed by atoms with van der Waals surface area (Å²) >= 11 is 0. The van der Waals surface area contributed by atoms with E-state index in [4.69, 9.17) is 29.0 Å². The molecule has 0 fully saturated rings. The molecule has 0 aromatic heterocycles. The van der Waals surface area contributed by atoms with Gasteiger partial charge in [-0.3, -0.25) is 29.5 Å². The first-order chi connectivity index (χ1) is 27.6. The maximum absolute atomic E-state index is 12.5. The number of Topliss-reactive ketones (excluding diaryl/α,β-unsaturated/α-hetero) is 2. The summed E-state index contributed by atoms with van der Waals surface area (Å²) in [5, 5.41) is 0. The molecule has 10 nitrogen and oxygen atoms in total. The summed E-state index contributed by atoms with van der Waals surface area (Å²) in [5.41, 5.74) is 11.1. The third kappa shape index (κ3) is 36.3. The zero-order valence-electron chi connectivity index (χ0n) is 40.9. The average Bonchev–Trinajstić information content (AvgIpc) is 3.17. The van der Waals surface area contributed by atoms with Crippen molar-refractivity contribution in [1.29, 1.82) is 0 Å². The molecule has 0 radical (unpaired) electrons. The number of nitrogens with zero attached hydrogens (tertiary/aromatic N) is 2. The van der Waals surface area contributed by atoms with Gasteiger partial charge in [0, 0.05) is 37.1 Å². The van der Waals surface area contributed by atoms with E-state index in [9.17, 15) is 9.59 Å². The molecule has 0 saturated heterocycles. The Morgan fingerprint density at radius 3 is 0.712 bits per heavy atom. The summed E-state index contributed by atoms with van der Waals surface area (Å²) in [6.07, 6.45) is 41.8. The number of carbonyl (C=O) groups is 2. The number of nitrogens with two attached hydrogens (primary N) is 2. The first-order valence-corrected chi connectivity index (χ1v) is 25.9. The number of hydrogen-bond donors (Lipinski definition) is 2. The highest BCUT2D eigenvalue weighted by Gasteiger charge is 2.43. The molecule has 4 N–H and O–H groups in total. The van der Waals surface area contributed by atoms with Gasteiger partial charge in [-0.15, -0.1) is 0 Å². The highest BCUT2D eigenvalue weighted by Crippen LogP contribution is 2.21. The van der Waals surface area contributed by atoms with Crippen LogP contribution in [0.4, 0.5) is 0 Å². The fourth-order valence-corrected chi connectivity index (χ4v) is 7.15. The van der Waals surface area contributed by atoms with Crippen molar-refractivity contribution in [2.75, 3.05) is 41.3 Å². The normalized spacial score (nSPS) is 14.1. The van der Waals surface area contributed by atoms with Crippen molar-refractivity contribution < 1.29 is 36.1 Å². The van der Waals surface area contributed by atoms with Gasteiger partial charge in [-0.2, -0.15) is 0 Å². The van der Waals surface area contributed by atoms with Gasteiger partial charge in [0.15, 0.2) is 0 Å². The molecule has 0 heterocycles. The molecule has 0 aliphatic rings. The number of hydrogen-bond acceptors (Lipinski definition) is 8. The second-order valence-corrected chi connectivity index (χ2v) is 19.8. The largest absolute Gasteiger partial charge is 0.759 e. The van der Waals surface area contributed by atoms with Crippen molar-refractivity contribution in [2.24, 2.45) is 11.5 Å². The molecule has 0 aromatic rings. The smallest absolute Gasteiger partial charge is 0.208 e. The molecule has 11 heteroatoms. The maximum Gasteiger partial charge on any atom is 0.208 e. The van der Waals surface area contributed by atoms with Crippen molar-refractivity contribution in [3.63, 3.8) is 0 Å². The fraction of sp³-hybridized carbons (Fsp3) is 0.958. The number of unbranched alkanes of at least 4 members (excludes halogenated alkanes) is 28. The Morgan fingerprint density at radius 2 is 0.559 bits per heavy atom. The molecule has 0 bridgehead atoms. The van der Waals surface area contributed by atoms with Gasteiger partial charge in [-0.25, -0.2) is 0 Å². The van der Waals surface area contributed by atoms with E-state index >= 15 is 0 Å². The molecule has 0 saturated carbocycles. The molecule has 0 aliphatic carbocycles. The van der Waals surface area contributed by atoms with Crippen LogP contribution < -0.4 is 11.5 Å². The Bertz CT molecular complexity index is 1020.